The molecule has 1 heterocycles. The Balaban J connectivity index is 1.88. The summed E-state index contributed by atoms with van der Waals surface area (Å²) >= 11 is 0. The van der Waals surface area contributed by atoms with Crippen molar-refractivity contribution in [2.45, 2.75) is 57.9 Å². The fourth-order valence-corrected chi connectivity index (χ4v) is 3.21. The Labute approximate surface area is 111 Å². The summed E-state index contributed by atoms with van der Waals surface area (Å²) in [5.41, 5.74) is 1.33. The maximum absolute atomic E-state index is 4.29. The molecular formula is C15H27N3. The lowest BCUT2D eigenvalue weighted by Gasteiger charge is -2.24. The number of nitrogens with one attached hydrogen (secondary N) is 1. The van der Waals surface area contributed by atoms with Crippen molar-refractivity contribution in [2.75, 3.05) is 6.54 Å². The molecule has 0 saturated heterocycles. The Kier molecular flexibility index (Phi) is 5.24. The fraction of sp³-hybridized carbons (Fsp3) is 0.800. The van der Waals surface area contributed by atoms with E-state index in [0.717, 1.165) is 12.5 Å². The van der Waals surface area contributed by atoms with Crippen LogP contribution in [0.25, 0.3) is 0 Å². The second-order valence-corrected chi connectivity index (χ2v) is 5.57. The molecule has 3 heteroatoms. The summed E-state index contributed by atoms with van der Waals surface area (Å²) in [5.74, 6) is 0.966. The summed E-state index contributed by atoms with van der Waals surface area (Å²) in [6, 6.07) is 2.62. The first-order valence-electron chi connectivity index (χ1n) is 7.52. The van der Waals surface area contributed by atoms with Gasteiger partial charge in [0.05, 0.1) is 5.69 Å². The molecule has 0 bridgehead atoms. The summed E-state index contributed by atoms with van der Waals surface area (Å²) in [5, 5.41) is 7.90. The largest absolute Gasteiger partial charge is 0.309 e. The van der Waals surface area contributed by atoms with E-state index >= 15 is 0 Å². The quantitative estimate of drug-likeness (QED) is 0.837. The molecule has 1 unspecified atom stereocenters. The van der Waals surface area contributed by atoms with Gasteiger partial charge in [-0.2, -0.15) is 5.10 Å². The van der Waals surface area contributed by atoms with Gasteiger partial charge in [-0.3, -0.25) is 4.68 Å². The second-order valence-electron chi connectivity index (χ2n) is 5.57. The number of rotatable bonds is 6. The second kappa shape index (κ2) is 6.93. The highest BCUT2D eigenvalue weighted by Crippen LogP contribution is 2.30. The molecule has 1 saturated carbocycles. The van der Waals surface area contributed by atoms with Crippen LogP contribution in [0, 0.1) is 5.92 Å². The molecule has 2 rings (SSSR count). The zero-order valence-electron chi connectivity index (χ0n) is 11.9. The smallest absolute Gasteiger partial charge is 0.0550 e. The lowest BCUT2D eigenvalue weighted by atomic mass is 9.85. The van der Waals surface area contributed by atoms with Gasteiger partial charge in [0.2, 0.25) is 0 Å². The topological polar surface area (TPSA) is 29.9 Å². The molecule has 1 aliphatic carbocycles. The minimum Gasteiger partial charge on any atom is -0.309 e. The molecule has 0 aliphatic heterocycles. The average molecular weight is 249 g/mol. The van der Waals surface area contributed by atoms with Gasteiger partial charge in [0.25, 0.3) is 0 Å². The van der Waals surface area contributed by atoms with E-state index in [1.54, 1.807) is 0 Å². The lowest BCUT2D eigenvalue weighted by Crippen LogP contribution is -2.24. The van der Waals surface area contributed by atoms with Crippen molar-refractivity contribution < 1.29 is 0 Å². The highest BCUT2D eigenvalue weighted by Gasteiger charge is 2.18. The number of aromatic nitrogens is 2. The predicted octanol–water partition coefficient (Wildman–Crippen LogP) is 3.43. The molecule has 0 radical (unpaired) electrons. The summed E-state index contributed by atoms with van der Waals surface area (Å²) < 4.78 is 2.01. The molecule has 1 aliphatic rings. The normalized spacial score (nSPS) is 19.0. The summed E-state index contributed by atoms with van der Waals surface area (Å²) in [6.07, 6.45) is 11.8. The third-order valence-electron chi connectivity index (χ3n) is 4.25. The minimum atomic E-state index is 0.476. The molecule has 3 nitrogen and oxygen atoms in total. The van der Waals surface area contributed by atoms with Crippen LogP contribution in [0.4, 0.5) is 0 Å². The molecule has 1 N–H and O–H groups in total. The van der Waals surface area contributed by atoms with Gasteiger partial charge in [0.1, 0.15) is 0 Å². The van der Waals surface area contributed by atoms with Crippen molar-refractivity contribution >= 4 is 0 Å². The molecule has 1 aromatic rings. The number of hydrogen-bond donors (Lipinski definition) is 1. The Morgan fingerprint density at radius 3 is 2.78 bits per heavy atom. The highest BCUT2D eigenvalue weighted by atomic mass is 15.3. The van der Waals surface area contributed by atoms with E-state index in [0.29, 0.717) is 6.04 Å². The first-order valence-corrected chi connectivity index (χ1v) is 7.52. The van der Waals surface area contributed by atoms with Gasteiger partial charge in [-0.1, -0.05) is 39.0 Å². The maximum Gasteiger partial charge on any atom is 0.0550 e. The van der Waals surface area contributed by atoms with Crippen molar-refractivity contribution in [3.63, 3.8) is 0 Å². The van der Waals surface area contributed by atoms with E-state index in [9.17, 15) is 0 Å². The summed E-state index contributed by atoms with van der Waals surface area (Å²) in [4.78, 5) is 0. The molecule has 102 valence electrons. The number of nitrogens with zero attached hydrogens (tertiary/aromatic N) is 2. The molecule has 0 spiro atoms. The molecular weight excluding hydrogens is 222 g/mol. The Bertz CT molecular complexity index is 339. The Morgan fingerprint density at radius 2 is 2.17 bits per heavy atom. The molecule has 1 aromatic heterocycles. The van der Waals surface area contributed by atoms with E-state index in [2.05, 4.69) is 23.4 Å². The zero-order valence-corrected chi connectivity index (χ0v) is 11.9. The van der Waals surface area contributed by atoms with Crippen molar-refractivity contribution in [1.29, 1.82) is 0 Å². The Hall–Kier alpha value is -0.830. The molecule has 0 aromatic carbocycles. The van der Waals surface area contributed by atoms with Crippen molar-refractivity contribution in [1.82, 2.24) is 15.1 Å². The van der Waals surface area contributed by atoms with Crippen LogP contribution in [0.2, 0.25) is 0 Å². The average Bonchev–Trinajstić information content (AvgIpc) is 2.82. The third kappa shape index (κ3) is 3.58. The van der Waals surface area contributed by atoms with Gasteiger partial charge in [-0.25, -0.2) is 0 Å². The first kappa shape index (κ1) is 13.6. The van der Waals surface area contributed by atoms with Crippen LogP contribution in [0.1, 0.15) is 63.6 Å². The first-order chi connectivity index (χ1) is 8.81. The van der Waals surface area contributed by atoms with Gasteiger partial charge in [0.15, 0.2) is 0 Å². The molecule has 1 fully saturated rings. The van der Waals surface area contributed by atoms with Gasteiger partial charge in [0, 0.05) is 19.3 Å². The van der Waals surface area contributed by atoms with Crippen LogP contribution in [-0.4, -0.2) is 16.3 Å². The van der Waals surface area contributed by atoms with Crippen molar-refractivity contribution in [2.24, 2.45) is 13.0 Å². The monoisotopic (exact) mass is 249 g/mol. The summed E-state index contributed by atoms with van der Waals surface area (Å²) in [7, 11) is 2.04. The van der Waals surface area contributed by atoms with Crippen molar-refractivity contribution in [3.8, 4) is 0 Å². The predicted molar refractivity (Wildman–Crippen MR) is 75.4 cm³/mol. The van der Waals surface area contributed by atoms with Crippen molar-refractivity contribution in [3.05, 3.63) is 18.0 Å². The van der Waals surface area contributed by atoms with E-state index < -0.39 is 0 Å². The minimum absolute atomic E-state index is 0.476. The Morgan fingerprint density at radius 1 is 1.39 bits per heavy atom. The summed E-state index contributed by atoms with van der Waals surface area (Å²) in [6.45, 7) is 3.21. The van der Waals surface area contributed by atoms with Crippen LogP contribution >= 0.6 is 0 Å². The van der Waals surface area contributed by atoms with Crippen LogP contribution in [-0.2, 0) is 7.05 Å². The van der Waals surface area contributed by atoms with E-state index in [1.165, 1.54) is 50.6 Å². The molecule has 0 amide bonds. The van der Waals surface area contributed by atoms with Gasteiger partial charge < -0.3 is 5.32 Å². The number of hydrogen-bond acceptors (Lipinski definition) is 2. The zero-order chi connectivity index (χ0) is 12.8. The SMILES string of the molecule is CCNC(CCC1CCCCC1)c1ccnn1C. The molecule has 1 atom stereocenters. The standard InChI is InChI=1S/C15H27N3/c1-3-16-14(15-11-12-17-18(15)2)10-9-13-7-5-4-6-8-13/h11-14,16H,3-10H2,1-2H3. The maximum atomic E-state index is 4.29. The molecule has 18 heavy (non-hydrogen) atoms. The van der Waals surface area contributed by atoms with E-state index in [1.807, 2.05) is 17.9 Å². The van der Waals surface area contributed by atoms with Gasteiger partial charge in [-0.15, -0.1) is 0 Å². The van der Waals surface area contributed by atoms with Gasteiger partial charge in [-0.05, 0) is 31.4 Å². The van der Waals surface area contributed by atoms with Crippen LogP contribution in [0.15, 0.2) is 12.3 Å². The van der Waals surface area contributed by atoms with E-state index in [-0.39, 0.29) is 0 Å². The lowest BCUT2D eigenvalue weighted by molar-refractivity contribution is 0.312. The van der Waals surface area contributed by atoms with Crippen LogP contribution in [0.3, 0.4) is 0 Å². The fourth-order valence-electron chi connectivity index (χ4n) is 3.21. The van der Waals surface area contributed by atoms with Gasteiger partial charge >= 0.3 is 0 Å². The number of aryl methyl sites for hydroxylation is 1. The van der Waals surface area contributed by atoms with Crippen LogP contribution in [0.5, 0.6) is 0 Å². The third-order valence-corrected chi connectivity index (χ3v) is 4.25. The van der Waals surface area contributed by atoms with E-state index in [4.69, 9.17) is 0 Å². The highest BCUT2D eigenvalue weighted by molar-refractivity contribution is 5.06. The van der Waals surface area contributed by atoms with Crippen LogP contribution < -0.4 is 5.32 Å².